The summed E-state index contributed by atoms with van der Waals surface area (Å²) >= 11 is 0. The van der Waals surface area contributed by atoms with Gasteiger partial charge in [-0.25, -0.2) is 0 Å². The van der Waals surface area contributed by atoms with Gasteiger partial charge < -0.3 is 0 Å². The predicted molar refractivity (Wildman–Crippen MR) is 73.4 cm³/mol. The lowest BCUT2D eigenvalue weighted by molar-refractivity contribution is -0.384. The first-order valence-electron chi connectivity index (χ1n) is 5.73. The van der Waals surface area contributed by atoms with E-state index in [1.807, 2.05) is 4.90 Å². The second-order valence-corrected chi connectivity index (χ2v) is 3.91. The first kappa shape index (κ1) is 14.6. The first-order valence-corrected chi connectivity index (χ1v) is 5.73. The minimum atomic E-state index is -0.475. The fourth-order valence-electron chi connectivity index (χ4n) is 1.76. The van der Waals surface area contributed by atoms with Crippen LogP contribution in [0.4, 0.5) is 5.69 Å². The molecule has 0 spiro atoms. The third-order valence-electron chi connectivity index (χ3n) is 2.63. The Bertz CT molecular complexity index is 492. The molecule has 0 radical (unpaired) electrons. The molecule has 0 aromatic heterocycles. The Morgan fingerprint density at radius 3 is 2.21 bits per heavy atom. The molecule has 98 valence electrons. The number of nitro groups is 1. The monoisotopic (exact) mass is 257 g/mol. The van der Waals surface area contributed by atoms with E-state index in [0.29, 0.717) is 13.1 Å². The molecule has 0 aliphatic carbocycles. The predicted octanol–water partition coefficient (Wildman–Crippen LogP) is 2.83. The highest BCUT2D eigenvalue weighted by Crippen LogP contribution is 2.22. The van der Waals surface area contributed by atoms with Gasteiger partial charge in [0.15, 0.2) is 0 Å². The van der Waals surface area contributed by atoms with Crippen molar-refractivity contribution in [2.24, 2.45) is 0 Å². The van der Waals surface area contributed by atoms with E-state index in [-0.39, 0.29) is 5.69 Å². The Kier molecular flexibility index (Phi) is 5.45. The molecule has 5 nitrogen and oxygen atoms in total. The Labute approximate surface area is 112 Å². The van der Waals surface area contributed by atoms with Crippen LogP contribution >= 0.6 is 0 Å². The first-order chi connectivity index (χ1) is 9.13. The number of nitrogens with zero attached hydrogens (tertiary/aromatic N) is 3. The number of non-ortho nitro benzene ring substituents is 1. The lowest BCUT2D eigenvalue weighted by Gasteiger charge is -2.24. The van der Waals surface area contributed by atoms with Gasteiger partial charge in [0.05, 0.1) is 11.0 Å². The molecule has 0 heterocycles. The molecule has 1 atom stereocenters. The van der Waals surface area contributed by atoms with Crippen molar-refractivity contribution in [3.8, 4) is 6.07 Å². The van der Waals surface area contributed by atoms with Crippen LogP contribution < -0.4 is 0 Å². The van der Waals surface area contributed by atoms with Crippen molar-refractivity contribution in [2.75, 3.05) is 13.1 Å². The fraction of sp³-hybridized carbons (Fsp3) is 0.214. The van der Waals surface area contributed by atoms with Crippen LogP contribution in [0.1, 0.15) is 11.6 Å². The summed E-state index contributed by atoms with van der Waals surface area (Å²) in [6.45, 7) is 8.40. The molecule has 0 N–H and O–H groups in total. The maximum Gasteiger partial charge on any atom is 0.269 e. The van der Waals surface area contributed by atoms with E-state index < -0.39 is 11.0 Å². The Morgan fingerprint density at radius 2 is 1.84 bits per heavy atom. The Balaban J connectivity index is 3.01. The lowest BCUT2D eigenvalue weighted by Crippen LogP contribution is -2.28. The highest BCUT2D eigenvalue weighted by atomic mass is 16.6. The Morgan fingerprint density at radius 1 is 1.32 bits per heavy atom. The maximum atomic E-state index is 10.6. The molecule has 0 amide bonds. The summed E-state index contributed by atoms with van der Waals surface area (Å²) in [5, 5.41) is 19.9. The SMILES string of the molecule is C=CCN(CC=C)C(C#N)c1ccc([N+](=O)[O-])cc1. The number of rotatable bonds is 7. The number of benzene rings is 1. The van der Waals surface area contributed by atoms with Gasteiger partial charge in [-0.05, 0) is 17.7 Å². The van der Waals surface area contributed by atoms with Crippen LogP contribution in [-0.2, 0) is 0 Å². The molecule has 0 aliphatic heterocycles. The van der Waals surface area contributed by atoms with Crippen LogP contribution in [0.15, 0.2) is 49.6 Å². The maximum absolute atomic E-state index is 10.6. The van der Waals surface area contributed by atoms with E-state index >= 15 is 0 Å². The van der Waals surface area contributed by atoms with Crippen molar-refractivity contribution in [1.82, 2.24) is 4.90 Å². The van der Waals surface area contributed by atoms with E-state index in [2.05, 4.69) is 19.2 Å². The molecule has 1 unspecified atom stereocenters. The van der Waals surface area contributed by atoms with Crippen molar-refractivity contribution in [3.05, 3.63) is 65.3 Å². The number of hydrogen-bond acceptors (Lipinski definition) is 4. The van der Waals surface area contributed by atoms with Crippen LogP contribution in [0, 0.1) is 21.4 Å². The van der Waals surface area contributed by atoms with Gasteiger partial charge in [0.1, 0.15) is 6.04 Å². The van der Waals surface area contributed by atoms with Gasteiger partial charge in [-0.1, -0.05) is 12.2 Å². The zero-order chi connectivity index (χ0) is 14.3. The summed E-state index contributed by atoms with van der Waals surface area (Å²) in [7, 11) is 0. The van der Waals surface area contributed by atoms with Crippen LogP contribution in [0.5, 0.6) is 0 Å². The Hall–Kier alpha value is -2.45. The number of nitro benzene ring substituents is 1. The van der Waals surface area contributed by atoms with E-state index in [4.69, 9.17) is 0 Å². The molecule has 0 bridgehead atoms. The van der Waals surface area contributed by atoms with E-state index in [1.54, 1.807) is 24.3 Å². The van der Waals surface area contributed by atoms with E-state index in [9.17, 15) is 15.4 Å². The van der Waals surface area contributed by atoms with Gasteiger partial charge in [0, 0.05) is 25.2 Å². The van der Waals surface area contributed by atoms with Gasteiger partial charge in [-0.2, -0.15) is 5.26 Å². The topological polar surface area (TPSA) is 70.2 Å². The zero-order valence-corrected chi connectivity index (χ0v) is 10.5. The smallest absolute Gasteiger partial charge is 0.269 e. The third kappa shape index (κ3) is 3.76. The summed E-state index contributed by atoms with van der Waals surface area (Å²) in [4.78, 5) is 12.0. The molecule has 1 aromatic rings. The molecule has 1 aromatic carbocycles. The molecule has 0 fully saturated rings. The van der Waals surface area contributed by atoms with Crippen molar-refractivity contribution >= 4 is 5.69 Å². The molecule has 19 heavy (non-hydrogen) atoms. The largest absolute Gasteiger partial charge is 0.277 e. The van der Waals surface area contributed by atoms with Gasteiger partial charge in [-0.15, -0.1) is 13.2 Å². The van der Waals surface area contributed by atoms with Crippen molar-refractivity contribution in [1.29, 1.82) is 5.26 Å². The third-order valence-corrected chi connectivity index (χ3v) is 2.63. The lowest BCUT2D eigenvalue weighted by atomic mass is 10.1. The standard InChI is InChI=1S/C14H15N3O2/c1-3-9-16(10-4-2)14(11-15)12-5-7-13(8-6-12)17(18)19/h3-8,14H,1-2,9-10H2. The van der Waals surface area contributed by atoms with Gasteiger partial charge in [-0.3, -0.25) is 15.0 Å². The summed E-state index contributed by atoms with van der Waals surface area (Å²) in [6.07, 6.45) is 3.42. The van der Waals surface area contributed by atoms with Gasteiger partial charge in [0.25, 0.3) is 5.69 Å². The molecular weight excluding hydrogens is 242 g/mol. The molecule has 0 saturated heterocycles. The summed E-state index contributed by atoms with van der Waals surface area (Å²) < 4.78 is 0. The zero-order valence-electron chi connectivity index (χ0n) is 10.5. The van der Waals surface area contributed by atoms with Crippen molar-refractivity contribution < 1.29 is 4.92 Å². The molecular formula is C14H15N3O2. The second-order valence-electron chi connectivity index (χ2n) is 3.91. The second kappa shape index (κ2) is 7.09. The molecule has 0 aliphatic rings. The fourth-order valence-corrected chi connectivity index (χ4v) is 1.76. The van der Waals surface area contributed by atoms with Crippen LogP contribution in [-0.4, -0.2) is 22.9 Å². The average molecular weight is 257 g/mol. The quantitative estimate of drug-likeness (QED) is 0.428. The minimum absolute atomic E-state index is 0.0134. The highest BCUT2D eigenvalue weighted by Gasteiger charge is 2.18. The van der Waals surface area contributed by atoms with Gasteiger partial charge >= 0.3 is 0 Å². The van der Waals surface area contributed by atoms with E-state index in [0.717, 1.165) is 5.56 Å². The molecule has 1 rings (SSSR count). The summed E-state index contributed by atoms with van der Waals surface area (Å²) in [6, 6.07) is 7.73. The molecule has 0 saturated carbocycles. The minimum Gasteiger partial charge on any atom is -0.277 e. The normalized spacial score (nSPS) is 11.6. The number of hydrogen-bond donors (Lipinski definition) is 0. The average Bonchev–Trinajstić information content (AvgIpc) is 2.40. The highest BCUT2D eigenvalue weighted by molar-refractivity contribution is 5.36. The molecule has 5 heteroatoms. The van der Waals surface area contributed by atoms with Crippen LogP contribution in [0.3, 0.4) is 0 Å². The van der Waals surface area contributed by atoms with Gasteiger partial charge in [0.2, 0.25) is 0 Å². The van der Waals surface area contributed by atoms with Crippen molar-refractivity contribution in [3.63, 3.8) is 0 Å². The van der Waals surface area contributed by atoms with Crippen LogP contribution in [0.2, 0.25) is 0 Å². The number of nitriles is 1. The van der Waals surface area contributed by atoms with Crippen molar-refractivity contribution in [2.45, 2.75) is 6.04 Å². The summed E-state index contributed by atoms with van der Waals surface area (Å²) in [5.41, 5.74) is 0.733. The van der Waals surface area contributed by atoms with Crippen LogP contribution in [0.25, 0.3) is 0 Å². The van der Waals surface area contributed by atoms with E-state index in [1.165, 1.54) is 12.1 Å². The summed E-state index contributed by atoms with van der Waals surface area (Å²) in [5.74, 6) is 0.